The molecule has 20 heavy (non-hydrogen) atoms. The van der Waals surface area contributed by atoms with Crippen LogP contribution in [0.1, 0.15) is 35.5 Å². The van der Waals surface area contributed by atoms with Crippen molar-refractivity contribution in [1.29, 1.82) is 0 Å². The van der Waals surface area contributed by atoms with Gasteiger partial charge in [0.25, 0.3) is 0 Å². The Bertz CT molecular complexity index is 617. The van der Waals surface area contributed by atoms with Crippen molar-refractivity contribution in [1.82, 2.24) is 4.98 Å². The average molecular weight is 384 g/mol. The lowest BCUT2D eigenvalue weighted by atomic mass is 10.00. The first-order valence-corrected chi connectivity index (χ1v) is 7.62. The second-order valence-electron chi connectivity index (χ2n) is 5.07. The van der Waals surface area contributed by atoms with Crippen molar-refractivity contribution in [3.8, 4) is 0 Å². The van der Waals surface area contributed by atoms with E-state index in [4.69, 9.17) is 0 Å². The van der Waals surface area contributed by atoms with Gasteiger partial charge in [0.1, 0.15) is 5.82 Å². The van der Waals surface area contributed by atoms with E-state index in [9.17, 15) is 4.39 Å². The Morgan fingerprint density at radius 3 is 2.50 bits per heavy atom. The lowest BCUT2D eigenvalue weighted by Crippen LogP contribution is -2.12. The van der Waals surface area contributed by atoms with Crippen molar-refractivity contribution in [2.24, 2.45) is 0 Å². The fourth-order valence-corrected chi connectivity index (χ4v) is 3.23. The van der Waals surface area contributed by atoms with Crippen LogP contribution in [0.3, 0.4) is 0 Å². The van der Waals surface area contributed by atoms with Gasteiger partial charge in [0, 0.05) is 20.6 Å². The van der Waals surface area contributed by atoms with Crippen LogP contribution in [0.2, 0.25) is 0 Å². The highest BCUT2D eigenvalue weighted by Gasteiger charge is 2.14. The molecule has 0 saturated heterocycles. The first-order chi connectivity index (χ1) is 9.38. The number of nitrogens with zero attached hydrogens (tertiary/aromatic N) is 1. The van der Waals surface area contributed by atoms with Crippen LogP contribution in [0, 0.1) is 30.2 Å². The van der Waals surface area contributed by atoms with E-state index >= 15 is 0 Å². The summed E-state index contributed by atoms with van der Waals surface area (Å²) < 4.78 is 14.0. The monoisotopic (exact) mass is 384 g/mol. The number of aryl methyl sites for hydroxylation is 3. The lowest BCUT2D eigenvalue weighted by molar-refractivity contribution is 0.627. The quantitative estimate of drug-likeness (QED) is 0.760. The molecule has 0 spiro atoms. The summed E-state index contributed by atoms with van der Waals surface area (Å²) in [5, 5.41) is 3.44. The molecule has 1 aromatic carbocycles. The molecular formula is C16H18FIN2. The maximum atomic E-state index is 13.1. The molecule has 0 bridgehead atoms. The Labute approximate surface area is 133 Å². The number of benzene rings is 1. The van der Waals surface area contributed by atoms with Gasteiger partial charge in [-0.25, -0.2) is 4.39 Å². The SMILES string of the molecule is Cc1cc(C)c(C(C)Nc2ccc(F)cc2I)c(C)n1. The fraction of sp³-hybridized carbons (Fsp3) is 0.312. The molecule has 0 radical (unpaired) electrons. The summed E-state index contributed by atoms with van der Waals surface area (Å²) in [5.41, 5.74) is 5.45. The van der Waals surface area contributed by atoms with E-state index in [1.165, 1.54) is 23.3 Å². The van der Waals surface area contributed by atoms with Gasteiger partial charge in [-0.1, -0.05) is 0 Å². The molecule has 1 aromatic heterocycles. The van der Waals surface area contributed by atoms with E-state index in [0.29, 0.717) is 0 Å². The summed E-state index contributed by atoms with van der Waals surface area (Å²) in [4.78, 5) is 4.53. The van der Waals surface area contributed by atoms with Crippen LogP contribution in [0.15, 0.2) is 24.3 Å². The predicted octanol–water partition coefficient (Wildman–Crippen LogP) is 4.92. The van der Waals surface area contributed by atoms with Gasteiger partial charge in [-0.3, -0.25) is 4.98 Å². The van der Waals surface area contributed by atoms with Crippen molar-refractivity contribution in [2.75, 3.05) is 5.32 Å². The standard InChI is InChI=1S/C16H18FIN2/c1-9-7-10(2)19-11(3)16(9)12(4)20-15-6-5-13(17)8-14(15)18/h5-8,12,20H,1-4H3. The molecule has 0 fully saturated rings. The zero-order valence-corrected chi connectivity index (χ0v) is 14.2. The molecule has 106 valence electrons. The highest BCUT2D eigenvalue weighted by atomic mass is 127. The smallest absolute Gasteiger partial charge is 0.124 e. The molecule has 2 rings (SSSR count). The van der Waals surface area contributed by atoms with Crippen LogP contribution >= 0.6 is 22.6 Å². The Kier molecular flexibility index (Phi) is 4.62. The number of hydrogen-bond donors (Lipinski definition) is 1. The summed E-state index contributed by atoms with van der Waals surface area (Å²) in [6.07, 6.45) is 0. The molecule has 4 heteroatoms. The van der Waals surface area contributed by atoms with Crippen LogP contribution in [0.4, 0.5) is 10.1 Å². The van der Waals surface area contributed by atoms with E-state index in [-0.39, 0.29) is 11.9 Å². The van der Waals surface area contributed by atoms with Crippen molar-refractivity contribution in [3.63, 3.8) is 0 Å². The zero-order valence-electron chi connectivity index (χ0n) is 12.1. The second kappa shape index (κ2) is 6.08. The van der Waals surface area contributed by atoms with E-state index in [1.807, 2.05) is 13.8 Å². The molecule has 0 amide bonds. The maximum absolute atomic E-state index is 13.1. The molecule has 1 atom stereocenters. The summed E-state index contributed by atoms with van der Waals surface area (Å²) in [6.45, 7) is 8.24. The molecule has 0 aliphatic carbocycles. The molecule has 2 aromatic rings. The van der Waals surface area contributed by atoms with Crippen LogP contribution in [0.25, 0.3) is 0 Å². The number of anilines is 1. The zero-order chi connectivity index (χ0) is 14.9. The molecule has 2 nitrogen and oxygen atoms in total. The number of halogens is 2. The molecular weight excluding hydrogens is 366 g/mol. The number of rotatable bonds is 3. The molecule has 0 saturated carbocycles. The molecule has 1 N–H and O–H groups in total. The Morgan fingerprint density at radius 2 is 1.90 bits per heavy atom. The summed E-state index contributed by atoms with van der Waals surface area (Å²) in [6, 6.07) is 7.00. The minimum Gasteiger partial charge on any atom is -0.378 e. The number of nitrogens with one attached hydrogen (secondary N) is 1. The van der Waals surface area contributed by atoms with E-state index in [0.717, 1.165) is 20.6 Å². The van der Waals surface area contributed by atoms with Crippen molar-refractivity contribution in [2.45, 2.75) is 33.7 Å². The fourth-order valence-electron chi connectivity index (χ4n) is 2.60. The van der Waals surface area contributed by atoms with Gasteiger partial charge in [0.15, 0.2) is 0 Å². The van der Waals surface area contributed by atoms with Gasteiger partial charge in [0.05, 0.1) is 6.04 Å². The highest BCUT2D eigenvalue weighted by molar-refractivity contribution is 14.1. The minimum absolute atomic E-state index is 0.127. The van der Waals surface area contributed by atoms with Gasteiger partial charge >= 0.3 is 0 Å². The van der Waals surface area contributed by atoms with Crippen LogP contribution in [-0.2, 0) is 0 Å². The first kappa shape index (κ1) is 15.2. The van der Waals surface area contributed by atoms with Crippen LogP contribution in [0.5, 0.6) is 0 Å². The lowest BCUT2D eigenvalue weighted by Gasteiger charge is -2.21. The van der Waals surface area contributed by atoms with Gasteiger partial charge in [-0.2, -0.15) is 0 Å². The summed E-state index contributed by atoms with van der Waals surface area (Å²) >= 11 is 2.14. The van der Waals surface area contributed by atoms with E-state index in [1.54, 1.807) is 6.07 Å². The predicted molar refractivity (Wildman–Crippen MR) is 89.6 cm³/mol. The Morgan fingerprint density at radius 1 is 1.20 bits per heavy atom. The highest BCUT2D eigenvalue weighted by Crippen LogP contribution is 2.27. The van der Waals surface area contributed by atoms with E-state index in [2.05, 4.69) is 52.8 Å². The normalized spacial score (nSPS) is 12.3. The van der Waals surface area contributed by atoms with E-state index < -0.39 is 0 Å². The number of aromatic nitrogens is 1. The molecule has 0 aliphatic heterocycles. The topological polar surface area (TPSA) is 24.9 Å². The minimum atomic E-state index is -0.211. The Balaban J connectivity index is 2.31. The third kappa shape index (κ3) is 3.29. The van der Waals surface area contributed by atoms with Crippen LogP contribution < -0.4 is 5.32 Å². The number of hydrogen-bond acceptors (Lipinski definition) is 2. The molecule has 1 heterocycles. The molecule has 1 unspecified atom stereocenters. The maximum Gasteiger partial charge on any atom is 0.124 e. The average Bonchev–Trinajstić information content (AvgIpc) is 2.31. The first-order valence-electron chi connectivity index (χ1n) is 6.55. The van der Waals surface area contributed by atoms with Gasteiger partial charge in [-0.15, -0.1) is 0 Å². The second-order valence-corrected chi connectivity index (χ2v) is 6.23. The Hall–Kier alpha value is -1.17. The van der Waals surface area contributed by atoms with Gasteiger partial charge in [0.2, 0.25) is 0 Å². The largest absolute Gasteiger partial charge is 0.378 e. The summed E-state index contributed by atoms with van der Waals surface area (Å²) in [7, 11) is 0. The van der Waals surface area contributed by atoms with Crippen molar-refractivity contribution >= 4 is 28.3 Å². The molecule has 0 aliphatic rings. The van der Waals surface area contributed by atoms with Gasteiger partial charge in [-0.05, 0) is 85.7 Å². The summed E-state index contributed by atoms with van der Waals surface area (Å²) in [5.74, 6) is -0.211. The van der Waals surface area contributed by atoms with Crippen molar-refractivity contribution < 1.29 is 4.39 Å². The van der Waals surface area contributed by atoms with Crippen LogP contribution in [-0.4, -0.2) is 4.98 Å². The number of pyridine rings is 1. The third-order valence-corrected chi connectivity index (χ3v) is 4.21. The third-order valence-electron chi connectivity index (χ3n) is 3.32. The van der Waals surface area contributed by atoms with Crippen molar-refractivity contribution in [3.05, 3.63) is 56.2 Å². The van der Waals surface area contributed by atoms with Gasteiger partial charge < -0.3 is 5.32 Å².